The molecule has 1 aliphatic rings. The number of carbonyl (C=O) groups excluding carboxylic acids is 1. The summed E-state index contributed by atoms with van der Waals surface area (Å²) in [5.74, 6) is -0.713. The number of anilines is 1. The Hall–Kier alpha value is -2.70. The monoisotopic (exact) mass is 494 g/mol. The summed E-state index contributed by atoms with van der Waals surface area (Å²) in [7, 11) is -8.00. The third-order valence-electron chi connectivity index (χ3n) is 5.14. The van der Waals surface area contributed by atoms with E-state index in [2.05, 4.69) is 9.82 Å². The lowest BCUT2D eigenvalue weighted by Crippen LogP contribution is -2.28. The van der Waals surface area contributed by atoms with Crippen LogP contribution in [-0.4, -0.2) is 32.5 Å². The third kappa shape index (κ3) is 4.71. The molecule has 0 radical (unpaired) electrons. The molecule has 0 atom stereocenters. The van der Waals surface area contributed by atoms with Crippen LogP contribution in [0.4, 0.5) is 5.69 Å². The number of rotatable bonds is 7. The number of thiophene rings is 1. The molecular formula is C20H22N4O5S3. The molecule has 2 aromatic heterocycles. The molecule has 0 unspecified atom stereocenters. The summed E-state index contributed by atoms with van der Waals surface area (Å²) in [5.41, 5.74) is 0.585. The second-order valence-corrected chi connectivity index (χ2v) is 11.8. The lowest BCUT2D eigenvalue weighted by molar-refractivity contribution is -0.117. The number of carbonyl (C=O) groups is 1. The zero-order valence-electron chi connectivity index (χ0n) is 17.2. The highest BCUT2D eigenvalue weighted by Crippen LogP contribution is 2.35. The van der Waals surface area contributed by atoms with Gasteiger partial charge >= 0.3 is 0 Å². The van der Waals surface area contributed by atoms with E-state index < -0.39 is 26.0 Å². The molecule has 0 spiro atoms. The normalized spacial score (nSPS) is 15.0. The highest BCUT2D eigenvalue weighted by molar-refractivity contribution is 7.93. The second-order valence-electron chi connectivity index (χ2n) is 7.53. The van der Waals surface area contributed by atoms with Crippen molar-refractivity contribution in [1.82, 2.24) is 14.5 Å². The second kappa shape index (κ2) is 8.68. The van der Waals surface area contributed by atoms with Crippen molar-refractivity contribution >= 4 is 43.0 Å². The Bertz CT molecular complexity index is 1320. The van der Waals surface area contributed by atoms with Crippen LogP contribution in [0.2, 0.25) is 0 Å². The van der Waals surface area contributed by atoms with Crippen molar-refractivity contribution in [2.24, 2.45) is 0 Å². The van der Waals surface area contributed by atoms with Crippen molar-refractivity contribution < 1.29 is 21.6 Å². The predicted molar refractivity (Wildman–Crippen MR) is 121 cm³/mol. The first-order valence-corrected chi connectivity index (χ1v) is 13.8. The lowest BCUT2D eigenvalue weighted by Gasteiger charge is -2.09. The minimum Gasteiger partial charge on any atom is -0.280 e. The van der Waals surface area contributed by atoms with Gasteiger partial charge in [-0.25, -0.2) is 21.6 Å². The fourth-order valence-electron chi connectivity index (χ4n) is 3.67. The largest absolute Gasteiger partial charge is 0.280 e. The first kappa shape index (κ1) is 22.5. The van der Waals surface area contributed by atoms with Gasteiger partial charge in [-0.1, -0.05) is 18.9 Å². The molecule has 12 heteroatoms. The average molecular weight is 495 g/mol. The summed E-state index contributed by atoms with van der Waals surface area (Å²) in [4.78, 5) is 11.8. The van der Waals surface area contributed by atoms with Gasteiger partial charge in [0.15, 0.2) is 0 Å². The number of benzene rings is 1. The SMILES string of the molecule is CC(=O)NS(=O)(=O)c1ccc(NS(=O)(=O)c2cn(C3CCCC3)nc2-c2cccs2)cc1. The van der Waals surface area contributed by atoms with Crippen molar-refractivity contribution in [3.05, 3.63) is 48.0 Å². The molecule has 0 bridgehead atoms. The summed E-state index contributed by atoms with van der Waals surface area (Å²) in [6, 6.07) is 8.96. The van der Waals surface area contributed by atoms with Crippen LogP contribution < -0.4 is 9.44 Å². The van der Waals surface area contributed by atoms with E-state index in [0.717, 1.165) is 37.5 Å². The molecule has 0 saturated heterocycles. The molecule has 2 N–H and O–H groups in total. The average Bonchev–Trinajstić information content (AvgIpc) is 3.47. The molecule has 4 rings (SSSR count). The van der Waals surface area contributed by atoms with Gasteiger partial charge in [0, 0.05) is 18.8 Å². The Morgan fingerprint density at radius 2 is 1.75 bits per heavy atom. The Morgan fingerprint density at radius 3 is 2.34 bits per heavy atom. The molecule has 170 valence electrons. The number of nitrogens with zero attached hydrogens (tertiary/aromatic N) is 2. The molecule has 2 heterocycles. The van der Waals surface area contributed by atoms with E-state index in [1.165, 1.54) is 35.6 Å². The van der Waals surface area contributed by atoms with Crippen LogP contribution in [0.3, 0.4) is 0 Å². The van der Waals surface area contributed by atoms with Crippen molar-refractivity contribution in [2.75, 3.05) is 4.72 Å². The van der Waals surface area contributed by atoms with Crippen LogP contribution in [0.1, 0.15) is 38.6 Å². The number of nitrogens with one attached hydrogen (secondary N) is 2. The zero-order chi connectivity index (χ0) is 22.9. The zero-order valence-corrected chi connectivity index (χ0v) is 19.6. The summed E-state index contributed by atoms with van der Waals surface area (Å²) < 4.78 is 56.8. The van der Waals surface area contributed by atoms with Crippen LogP contribution in [0.15, 0.2) is 57.8 Å². The van der Waals surface area contributed by atoms with E-state index in [1.54, 1.807) is 10.9 Å². The van der Waals surface area contributed by atoms with Crippen molar-refractivity contribution in [3.8, 4) is 10.6 Å². The van der Waals surface area contributed by atoms with Crippen LogP contribution >= 0.6 is 11.3 Å². The highest BCUT2D eigenvalue weighted by Gasteiger charge is 2.28. The van der Waals surface area contributed by atoms with E-state index in [-0.39, 0.29) is 21.5 Å². The van der Waals surface area contributed by atoms with Crippen molar-refractivity contribution in [2.45, 2.75) is 48.4 Å². The first-order chi connectivity index (χ1) is 15.2. The Morgan fingerprint density at radius 1 is 1.06 bits per heavy atom. The van der Waals surface area contributed by atoms with Gasteiger partial charge in [-0.05, 0) is 48.6 Å². The van der Waals surface area contributed by atoms with Crippen molar-refractivity contribution in [1.29, 1.82) is 0 Å². The minimum atomic E-state index is -4.00. The van der Waals surface area contributed by atoms with E-state index >= 15 is 0 Å². The van der Waals surface area contributed by atoms with Crippen LogP contribution in [0.5, 0.6) is 0 Å². The molecule has 1 aromatic carbocycles. The fraction of sp³-hybridized carbons (Fsp3) is 0.300. The van der Waals surface area contributed by atoms with Crippen LogP contribution in [0.25, 0.3) is 10.6 Å². The quantitative estimate of drug-likeness (QED) is 0.519. The van der Waals surface area contributed by atoms with Gasteiger partial charge in [0.2, 0.25) is 5.91 Å². The van der Waals surface area contributed by atoms with Crippen LogP contribution in [0, 0.1) is 0 Å². The van der Waals surface area contributed by atoms with Crippen LogP contribution in [-0.2, 0) is 24.8 Å². The van der Waals surface area contributed by atoms with E-state index in [0.29, 0.717) is 5.69 Å². The predicted octanol–water partition coefficient (Wildman–Crippen LogP) is 3.35. The highest BCUT2D eigenvalue weighted by atomic mass is 32.2. The van der Waals surface area contributed by atoms with Gasteiger partial charge in [0.25, 0.3) is 20.0 Å². The van der Waals surface area contributed by atoms with E-state index in [9.17, 15) is 21.6 Å². The van der Waals surface area contributed by atoms with Gasteiger partial charge in [-0.3, -0.25) is 14.2 Å². The Kier molecular flexibility index (Phi) is 6.10. The lowest BCUT2D eigenvalue weighted by atomic mass is 10.3. The molecule has 32 heavy (non-hydrogen) atoms. The smallest absolute Gasteiger partial charge is 0.265 e. The van der Waals surface area contributed by atoms with E-state index in [1.807, 2.05) is 22.2 Å². The summed E-state index contributed by atoms with van der Waals surface area (Å²) in [6.07, 6.45) is 5.67. The van der Waals surface area contributed by atoms with Gasteiger partial charge in [-0.15, -0.1) is 11.3 Å². The number of hydrogen-bond acceptors (Lipinski definition) is 7. The first-order valence-electron chi connectivity index (χ1n) is 9.95. The minimum absolute atomic E-state index is 0.0711. The maximum atomic E-state index is 13.2. The Balaban J connectivity index is 1.64. The fourth-order valence-corrected chi connectivity index (χ4v) is 6.66. The Labute approximate surface area is 190 Å². The van der Waals surface area contributed by atoms with Gasteiger partial charge < -0.3 is 0 Å². The molecule has 0 aliphatic heterocycles. The number of sulfonamides is 2. The summed E-state index contributed by atoms with van der Waals surface area (Å²) in [5, 5.41) is 6.47. The molecule has 1 aliphatic carbocycles. The summed E-state index contributed by atoms with van der Waals surface area (Å²) in [6.45, 7) is 1.09. The number of hydrogen-bond donors (Lipinski definition) is 2. The van der Waals surface area contributed by atoms with Gasteiger partial charge in [-0.2, -0.15) is 5.10 Å². The molecule has 1 amide bonds. The van der Waals surface area contributed by atoms with Crippen molar-refractivity contribution in [3.63, 3.8) is 0 Å². The van der Waals surface area contributed by atoms with Gasteiger partial charge in [0.05, 0.1) is 15.8 Å². The third-order valence-corrected chi connectivity index (χ3v) is 8.84. The molecule has 9 nitrogen and oxygen atoms in total. The maximum Gasteiger partial charge on any atom is 0.265 e. The standard InChI is InChI=1S/C20H22N4O5S3/c1-14(25)22-31(26,27)17-10-8-15(9-11-17)23-32(28,29)19-13-24(16-5-2-3-6-16)21-20(19)18-7-4-12-30-18/h4,7-13,16,23H,2-3,5-6H2,1H3,(H,22,25). The molecule has 1 saturated carbocycles. The molecule has 1 fully saturated rings. The van der Waals surface area contributed by atoms with E-state index in [4.69, 9.17) is 0 Å². The van der Waals surface area contributed by atoms with Gasteiger partial charge in [0.1, 0.15) is 10.6 Å². The molecular weight excluding hydrogens is 472 g/mol. The topological polar surface area (TPSA) is 127 Å². The maximum absolute atomic E-state index is 13.2. The molecule has 3 aromatic rings. The number of aromatic nitrogens is 2. The number of amides is 1. The summed E-state index contributed by atoms with van der Waals surface area (Å²) >= 11 is 1.41.